The van der Waals surface area contributed by atoms with Crippen molar-refractivity contribution in [2.45, 2.75) is 22.2 Å². The highest BCUT2D eigenvalue weighted by Crippen LogP contribution is 2.60. The van der Waals surface area contributed by atoms with Crippen LogP contribution in [0, 0.1) is 5.92 Å². The molecule has 0 radical (unpaired) electrons. The van der Waals surface area contributed by atoms with Crippen LogP contribution in [-0.2, 0) is 4.74 Å². The molecule has 1 aliphatic heterocycles. The lowest BCUT2D eigenvalue weighted by molar-refractivity contribution is 0.277. The number of ether oxygens (including phenoxy) is 1. The second kappa shape index (κ2) is 1.95. The van der Waals surface area contributed by atoms with E-state index < -0.39 is 9.39 Å². The molecule has 1 atom stereocenters. The molecular weight excluding hydrogens is 194 g/mol. The second-order valence-corrected chi connectivity index (χ2v) is 5.23. The Labute approximate surface area is 74.6 Å². The van der Waals surface area contributed by atoms with Gasteiger partial charge >= 0.3 is 0 Å². The van der Waals surface area contributed by atoms with Gasteiger partial charge in [-0.25, -0.2) is 0 Å². The summed E-state index contributed by atoms with van der Waals surface area (Å²) in [6.07, 6.45) is 2.29. The number of hydrogen-bond donors (Lipinski definition) is 0. The highest BCUT2D eigenvalue weighted by atomic mass is 35.6. The maximum Gasteiger partial charge on any atom is 0.221 e. The van der Waals surface area contributed by atoms with Gasteiger partial charge in [-0.3, -0.25) is 0 Å². The summed E-state index contributed by atoms with van der Waals surface area (Å²) in [6, 6.07) is 0. The molecule has 1 heterocycles. The fourth-order valence-electron chi connectivity index (χ4n) is 1.26. The minimum atomic E-state index is -1.21. The fraction of sp³-hybridized carbons (Fsp3) is 1.00. The molecule has 0 aromatic heterocycles. The number of halogens is 3. The summed E-state index contributed by atoms with van der Waals surface area (Å²) in [5.41, 5.74) is -0.405. The minimum Gasteiger partial charge on any atom is -0.365 e. The molecule has 58 valence electrons. The first-order chi connectivity index (χ1) is 4.56. The van der Waals surface area contributed by atoms with E-state index in [0.29, 0.717) is 12.5 Å². The predicted molar refractivity (Wildman–Crippen MR) is 41.7 cm³/mol. The van der Waals surface area contributed by atoms with Gasteiger partial charge in [0.15, 0.2) is 0 Å². The molecule has 0 aromatic rings. The quantitative estimate of drug-likeness (QED) is 0.469. The Bertz CT molecular complexity index is 155. The van der Waals surface area contributed by atoms with Crippen molar-refractivity contribution in [1.29, 1.82) is 0 Å². The van der Waals surface area contributed by atoms with Gasteiger partial charge in [0, 0.05) is 0 Å². The third-order valence-corrected chi connectivity index (χ3v) is 3.13. The van der Waals surface area contributed by atoms with Crippen LogP contribution in [0.15, 0.2) is 0 Å². The zero-order chi connectivity index (χ0) is 7.41. The monoisotopic (exact) mass is 200 g/mol. The Kier molecular flexibility index (Phi) is 1.46. The number of hydrogen-bond acceptors (Lipinski definition) is 1. The first-order valence-corrected chi connectivity index (χ1v) is 4.40. The van der Waals surface area contributed by atoms with E-state index in [1.807, 2.05) is 0 Å². The van der Waals surface area contributed by atoms with E-state index in [9.17, 15) is 0 Å². The predicted octanol–water partition coefficient (Wildman–Crippen LogP) is 2.54. The summed E-state index contributed by atoms with van der Waals surface area (Å²) in [4.78, 5) is 0. The first-order valence-electron chi connectivity index (χ1n) is 3.27. The lowest BCUT2D eigenvalue weighted by atomic mass is 10.1. The van der Waals surface area contributed by atoms with Crippen molar-refractivity contribution in [3.05, 3.63) is 0 Å². The molecule has 1 saturated carbocycles. The normalized spacial score (nSPS) is 39.9. The van der Waals surface area contributed by atoms with E-state index in [4.69, 9.17) is 39.5 Å². The summed E-state index contributed by atoms with van der Waals surface area (Å²) in [6.45, 7) is 0.619. The highest BCUT2D eigenvalue weighted by Gasteiger charge is 2.67. The van der Waals surface area contributed by atoms with Crippen molar-refractivity contribution >= 4 is 34.8 Å². The average Bonchev–Trinajstić information content (AvgIpc) is 2.56. The molecule has 2 rings (SSSR count). The van der Waals surface area contributed by atoms with Crippen LogP contribution in [0.1, 0.15) is 12.8 Å². The van der Waals surface area contributed by atoms with Crippen LogP contribution in [-0.4, -0.2) is 16.0 Å². The van der Waals surface area contributed by atoms with Crippen LogP contribution in [0.2, 0.25) is 0 Å². The van der Waals surface area contributed by atoms with Crippen LogP contribution in [0.3, 0.4) is 0 Å². The molecule has 1 saturated heterocycles. The number of epoxide rings is 1. The molecule has 0 N–H and O–H groups in total. The largest absolute Gasteiger partial charge is 0.365 e. The van der Waals surface area contributed by atoms with Crippen LogP contribution in [0.25, 0.3) is 0 Å². The summed E-state index contributed by atoms with van der Waals surface area (Å²) in [7, 11) is 0. The third-order valence-electron chi connectivity index (χ3n) is 2.17. The molecule has 0 amide bonds. The maximum atomic E-state index is 5.73. The number of alkyl halides is 3. The van der Waals surface area contributed by atoms with E-state index >= 15 is 0 Å². The zero-order valence-corrected chi connectivity index (χ0v) is 7.51. The smallest absolute Gasteiger partial charge is 0.221 e. The molecule has 10 heavy (non-hydrogen) atoms. The molecule has 0 aromatic carbocycles. The summed E-state index contributed by atoms with van der Waals surface area (Å²) >= 11 is 17.2. The number of rotatable bonds is 1. The molecule has 1 nitrogen and oxygen atoms in total. The zero-order valence-electron chi connectivity index (χ0n) is 5.24. The van der Waals surface area contributed by atoms with Crippen LogP contribution < -0.4 is 0 Å². The second-order valence-electron chi connectivity index (χ2n) is 2.95. The molecule has 0 bridgehead atoms. The standard InChI is InChI=1S/C6H7Cl3O/c7-6(8,9)5(3-10-5)4-1-2-4/h4H,1-3H2. The first kappa shape index (κ1) is 7.48. The van der Waals surface area contributed by atoms with E-state index in [1.165, 1.54) is 0 Å². The lowest BCUT2D eigenvalue weighted by Gasteiger charge is -2.19. The molecule has 1 unspecified atom stereocenters. The van der Waals surface area contributed by atoms with Crippen molar-refractivity contribution in [1.82, 2.24) is 0 Å². The van der Waals surface area contributed by atoms with Crippen molar-refractivity contribution in [3.8, 4) is 0 Å². The minimum absolute atomic E-state index is 0.405. The van der Waals surface area contributed by atoms with E-state index in [2.05, 4.69) is 0 Å². The Hall–Kier alpha value is 0.830. The van der Waals surface area contributed by atoms with Gasteiger partial charge in [-0.15, -0.1) is 0 Å². The molecule has 1 aliphatic carbocycles. The average molecular weight is 201 g/mol. The van der Waals surface area contributed by atoms with Gasteiger partial charge in [-0.1, -0.05) is 34.8 Å². The topological polar surface area (TPSA) is 12.5 Å². The molecular formula is C6H7Cl3O. The van der Waals surface area contributed by atoms with Gasteiger partial charge in [0.05, 0.1) is 6.61 Å². The fourth-order valence-corrected chi connectivity index (χ4v) is 2.05. The Balaban J connectivity index is 2.13. The lowest BCUT2D eigenvalue weighted by Crippen LogP contribution is -2.31. The van der Waals surface area contributed by atoms with E-state index in [-0.39, 0.29) is 0 Å². The van der Waals surface area contributed by atoms with Crippen molar-refractivity contribution in [2.24, 2.45) is 5.92 Å². The van der Waals surface area contributed by atoms with Crippen LogP contribution >= 0.6 is 34.8 Å². The SMILES string of the molecule is ClC(Cl)(Cl)C1(C2CC2)CO1. The molecule has 2 aliphatic rings. The summed E-state index contributed by atoms with van der Waals surface area (Å²) in [5, 5.41) is 0. The Morgan fingerprint density at radius 1 is 1.30 bits per heavy atom. The van der Waals surface area contributed by atoms with Gasteiger partial charge in [0.1, 0.15) is 5.60 Å². The van der Waals surface area contributed by atoms with Gasteiger partial charge in [-0.2, -0.15) is 0 Å². The van der Waals surface area contributed by atoms with Gasteiger partial charge in [0.2, 0.25) is 3.79 Å². The van der Waals surface area contributed by atoms with Crippen LogP contribution in [0.5, 0.6) is 0 Å². The van der Waals surface area contributed by atoms with Gasteiger partial charge in [0.25, 0.3) is 0 Å². The Morgan fingerprint density at radius 2 is 1.80 bits per heavy atom. The molecule has 2 fully saturated rings. The van der Waals surface area contributed by atoms with Crippen molar-refractivity contribution in [3.63, 3.8) is 0 Å². The highest BCUT2D eigenvalue weighted by molar-refractivity contribution is 6.68. The van der Waals surface area contributed by atoms with Crippen molar-refractivity contribution in [2.75, 3.05) is 6.61 Å². The van der Waals surface area contributed by atoms with E-state index in [1.54, 1.807) is 0 Å². The van der Waals surface area contributed by atoms with E-state index in [0.717, 1.165) is 12.8 Å². The Morgan fingerprint density at radius 3 is 1.90 bits per heavy atom. The summed E-state index contributed by atoms with van der Waals surface area (Å²) < 4.78 is 3.97. The maximum absolute atomic E-state index is 5.73. The van der Waals surface area contributed by atoms with Gasteiger partial charge in [-0.05, 0) is 18.8 Å². The summed E-state index contributed by atoms with van der Waals surface area (Å²) in [5.74, 6) is 0.500. The molecule has 0 spiro atoms. The van der Waals surface area contributed by atoms with Gasteiger partial charge < -0.3 is 4.74 Å². The van der Waals surface area contributed by atoms with Crippen molar-refractivity contribution < 1.29 is 4.74 Å². The molecule has 4 heteroatoms. The van der Waals surface area contributed by atoms with Crippen LogP contribution in [0.4, 0.5) is 0 Å². The third kappa shape index (κ3) is 0.953.